The molecule has 13 heteroatoms. The van der Waals surface area contributed by atoms with Crippen molar-refractivity contribution in [2.45, 2.75) is 63.3 Å². The van der Waals surface area contributed by atoms with Crippen LogP contribution in [0.25, 0.3) is 11.4 Å². The van der Waals surface area contributed by atoms with E-state index in [9.17, 15) is 22.8 Å². The lowest BCUT2D eigenvalue weighted by molar-refractivity contribution is -0.147. The van der Waals surface area contributed by atoms with Gasteiger partial charge in [-0.1, -0.05) is 5.21 Å². The van der Waals surface area contributed by atoms with Gasteiger partial charge < -0.3 is 19.1 Å². The molecule has 0 bridgehead atoms. The Hall–Kier alpha value is -3.38. The molecule has 0 radical (unpaired) electrons. The highest BCUT2D eigenvalue weighted by Crippen LogP contribution is 2.45. The van der Waals surface area contributed by atoms with Crippen LogP contribution in [0.3, 0.4) is 0 Å². The number of amides is 1. The SMILES string of the molecule is COC(=O)[C@H]1CCC[C@H](Oc2ccc(-c3nnn(C)c3COC(=O)N(C)CC(F)(F)F)nc2C2CC2)C1. The quantitative estimate of drug-likeness (QED) is 0.476. The molecular weight excluding hydrogens is 495 g/mol. The first kappa shape index (κ1) is 26.7. The van der Waals surface area contributed by atoms with Gasteiger partial charge in [0.05, 0.1) is 30.5 Å². The largest absolute Gasteiger partial charge is 0.488 e. The molecule has 2 atom stereocenters. The number of hydrogen-bond donors (Lipinski definition) is 0. The summed E-state index contributed by atoms with van der Waals surface area (Å²) in [5, 5.41) is 8.13. The fourth-order valence-corrected chi connectivity index (χ4v) is 4.47. The first-order valence-electron chi connectivity index (χ1n) is 12.1. The van der Waals surface area contributed by atoms with Gasteiger partial charge in [0.15, 0.2) is 0 Å². The van der Waals surface area contributed by atoms with E-state index in [0.29, 0.717) is 34.2 Å². The van der Waals surface area contributed by atoms with E-state index in [1.54, 1.807) is 13.1 Å². The van der Waals surface area contributed by atoms with Crippen molar-refractivity contribution < 1.29 is 37.0 Å². The van der Waals surface area contributed by atoms with Gasteiger partial charge in [0.25, 0.3) is 0 Å². The number of alkyl halides is 3. The minimum Gasteiger partial charge on any atom is -0.488 e. The number of pyridine rings is 1. The van der Waals surface area contributed by atoms with Crippen molar-refractivity contribution in [2.24, 2.45) is 13.0 Å². The summed E-state index contributed by atoms with van der Waals surface area (Å²) >= 11 is 0. The average Bonchev–Trinajstić information content (AvgIpc) is 3.64. The van der Waals surface area contributed by atoms with E-state index in [1.165, 1.54) is 11.8 Å². The fourth-order valence-electron chi connectivity index (χ4n) is 4.47. The average molecular weight is 526 g/mol. The summed E-state index contributed by atoms with van der Waals surface area (Å²) in [6.07, 6.45) is -0.751. The van der Waals surface area contributed by atoms with Gasteiger partial charge in [-0.05, 0) is 50.7 Å². The molecule has 0 unspecified atom stereocenters. The first-order chi connectivity index (χ1) is 17.6. The Kier molecular flexibility index (Phi) is 7.88. The molecule has 2 aromatic heterocycles. The minimum absolute atomic E-state index is 0.122. The number of hydrogen-bond acceptors (Lipinski definition) is 8. The molecule has 0 saturated heterocycles. The highest BCUT2D eigenvalue weighted by molar-refractivity contribution is 5.72. The molecule has 0 aromatic carbocycles. The number of nitrogens with zero attached hydrogens (tertiary/aromatic N) is 5. The number of methoxy groups -OCH3 is 1. The Balaban J connectivity index is 1.49. The van der Waals surface area contributed by atoms with Gasteiger partial charge >= 0.3 is 18.2 Å². The predicted molar refractivity (Wildman–Crippen MR) is 123 cm³/mol. The van der Waals surface area contributed by atoms with Gasteiger partial charge in [-0.2, -0.15) is 13.2 Å². The third-order valence-electron chi connectivity index (χ3n) is 6.55. The Morgan fingerprint density at radius 2 is 1.95 bits per heavy atom. The standard InChI is InChI=1S/C24H30F3N5O5/c1-31(13-24(25,26)27)23(34)36-12-18-21(29-30-32(18)2)17-9-10-19(20(28-17)14-7-8-14)37-16-6-4-5-15(11-16)22(33)35-3/h9-10,14-16H,4-8,11-13H2,1-3H3/t15-,16-/m0/s1. The molecule has 2 heterocycles. The summed E-state index contributed by atoms with van der Waals surface area (Å²) in [6, 6.07) is 3.55. The van der Waals surface area contributed by atoms with Crippen molar-refractivity contribution in [1.29, 1.82) is 0 Å². The van der Waals surface area contributed by atoms with E-state index in [2.05, 4.69) is 10.3 Å². The molecule has 0 spiro atoms. The van der Waals surface area contributed by atoms with Gasteiger partial charge in [0.1, 0.15) is 30.3 Å². The smallest absolute Gasteiger partial charge is 0.410 e. The van der Waals surface area contributed by atoms with Crippen LogP contribution in [0.1, 0.15) is 55.8 Å². The number of ether oxygens (including phenoxy) is 3. The van der Waals surface area contributed by atoms with Crippen LogP contribution in [0.4, 0.5) is 18.0 Å². The van der Waals surface area contributed by atoms with Crippen LogP contribution >= 0.6 is 0 Å². The van der Waals surface area contributed by atoms with Gasteiger partial charge in [0, 0.05) is 20.0 Å². The van der Waals surface area contributed by atoms with Gasteiger partial charge in [-0.25, -0.2) is 14.5 Å². The van der Waals surface area contributed by atoms with Crippen molar-refractivity contribution in [3.63, 3.8) is 0 Å². The van der Waals surface area contributed by atoms with E-state index in [4.69, 9.17) is 19.2 Å². The van der Waals surface area contributed by atoms with Crippen molar-refractivity contribution in [2.75, 3.05) is 20.7 Å². The molecule has 2 fully saturated rings. The second-order valence-corrected chi connectivity index (χ2v) is 9.51. The number of carbonyl (C=O) groups is 2. The van der Waals surface area contributed by atoms with Crippen molar-refractivity contribution >= 4 is 12.1 Å². The first-order valence-corrected chi connectivity index (χ1v) is 12.1. The number of carbonyl (C=O) groups excluding carboxylic acids is 2. The Bertz CT molecular complexity index is 1130. The van der Waals surface area contributed by atoms with Crippen LogP contribution in [0.2, 0.25) is 0 Å². The molecule has 4 rings (SSSR count). The number of aromatic nitrogens is 4. The Labute approximate surface area is 212 Å². The normalized spacial score (nSPS) is 19.8. The lowest BCUT2D eigenvalue weighted by Gasteiger charge is -2.28. The molecule has 1 amide bonds. The molecule has 2 aromatic rings. The summed E-state index contributed by atoms with van der Waals surface area (Å²) in [7, 11) is 4.00. The van der Waals surface area contributed by atoms with Crippen LogP contribution in [0.5, 0.6) is 5.75 Å². The number of rotatable bonds is 8. The van der Waals surface area contributed by atoms with Crippen molar-refractivity contribution in [3.05, 3.63) is 23.5 Å². The zero-order chi connectivity index (χ0) is 26.7. The topological polar surface area (TPSA) is 109 Å². The van der Waals surface area contributed by atoms with Crippen molar-refractivity contribution in [1.82, 2.24) is 24.9 Å². The molecule has 0 N–H and O–H groups in total. The van der Waals surface area contributed by atoms with E-state index in [1.807, 2.05) is 6.07 Å². The third-order valence-corrected chi connectivity index (χ3v) is 6.55. The second-order valence-electron chi connectivity index (χ2n) is 9.51. The van der Waals surface area contributed by atoms with E-state index in [0.717, 1.165) is 44.8 Å². The summed E-state index contributed by atoms with van der Waals surface area (Å²) in [4.78, 5) is 29.3. The van der Waals surface area contributed by atoms with Gasteiger partial charge in [-0.3, -0.25) is 4.79 Å². The summed E-state index contributed by atoms with van der Waals surface area (Å²) in [5.74, 6) is 0.501. The molecule has 202 valence electrons. The molecule has 37 heavy (non-hydrogen) atoms. The number of aryl methyl sites for hydroxylation is 1. The Morgan fingerprint density at radius 1 is 1.19 bits per heavy atom. The van der Waals surface area contributed by atoms with Crippen LogP contribution in [-0.4, -0.2) is 69.9 Å². The van der Waals surface area contributed by atoms with Crippen LogP contribution in [0.15, 0.2) is 12.1 Å². The summed E-state index contributed by atoms with van der Waals surface area (Å²) in [5.41, 5.74) is 2.04. The van der Waals surface area contributed by atoms with Crippen LogP contribution < -0.4 is 4.74 Å². The zero-order valence-corrected chi connectivity index (χ0v) is 21.0. The predicted octanol–water partition coefficient (Wildman–Crippen LogP) is 4.00. The van der Waals surface area contributed by atoms with E-state index in [-0.39, 0.29) is 30.5 Å². The number of esters is 1. The Morgan fingerprint density at radius 3 is 2.62 bits per heavy atom. The van der Waals surface area contributed by atoms with Crippen molar-refractivity contribution in [3.8, 4) is 17.1 Å². The molecule has 2 aliphatic rings. The lowest BCUT2D eigenvalue weighted by Crippen LogP contribution is -2.36. The fraction of sp³-hybridized carbons (Fsp3) is 0.625. The molecule has 0 aliphatic heterocycles. The summed E-state index contributed by atoms with van der Waals surface area (Å²) < 4.78 is 55.4. The zero-order valence-electron chi connectivity index (χ0n) is 21.0. The van der Waals surface area contributed by atoms with Crippen LogP contribution in [0, 0.1) is 5.92 Å². The van der Waals surface area contributed by atoms with Gasteiger partial charge in [0.2, 0.25) is 0 Å². The second kappa shape index (κ2) is 10.9. The maximum absolute atomic E-state index is 12.6. The third kappa shape index (κ3) is 6.69. The highest BCUT2D eigenvalue weighted by atomic mass is 19.4. The number of halogens is 3. The molecule has 2 saturated carbocycles. The summed E-state index contributed by atoms with van der Waals surface area (Å²) in [6.45, 7) is -1.74. The van der Waals surface area contributed by atoms with E-state index >= 15 is 0 Å². The maximum Gasteiger partial charge on any atom is 0.410 e. The molecule has 10 nitrogen and oxygen atoms in total. The lowest BCUT2D eigenvalue weighted by atomic mass is 9.87. The van der Waals surface area contributed by atoms with E-state index < -0.39 is 18.8 Å². The minimum atomic E-state index is -4.53. The van der Waals surface area contributed by atoms with Crippen LogP contribution in [-0.2, 0) is 27.9 Å². The monoisotopic (exact) mass is 525 g/mol. The maximum atomic E-state index is 12.6. The van der Waals surface area contributed by atoms with Gasteiger partial charge in [-0.15, -0.1) is 5.10 Å². The molecule has 2 aliphatic carbocycles. The molecular formula is C24H30F3N5O5. The highest BCUT2D eigenvalue weighted by Gasteiger charge is 2.34.